The normalized spacial score (nSPS) is 22.4. The zero-order valence-electron chi connectivity index (χ0n) is 13.2. The molecule has 0 aromatic rings. The summed E-state index contributed by atoms with van der Waals surface area (Å²) in [5, 5.41) is 6.33. The first-order valence-electron chi connectivity index (χ1n) is 8.45. The van der Waals surface area contributed by atoms with Gasteiger partial charge in [0.15, 0.2) is 0 Å². The van der Waals surface area contributed by atoms with Crippen molar-refractivity contribution in [2.75, 3.05) is 26.2 Å². The van der Waals surface area contributed by atoms with Gasteiger partial charge in [0.1, 0.15) is 0 Å². The van der Waals surface area contributed by atoms with Gasteiger partial charge in [0.2, 0.25) is 11.8 Å². The Hall–Kier alpha value is -1.10. The van der Waals surface area contributed by atoms with Crippen molar-refractivity contribution in [1.29, 1.82) is 0 Å². The summed E-state index contributed by atoms with van der Waals surface area (Å²) in [6, 6.07) is -0.0665. The van der Waals surface area contributed by atoms with Gasteiger partial charge in [-0.3, -0.25) is 9.59 Å². The van der Waals surface area contributed by atoms with E-state index in [0.717, 1.165) is 58.3 Å². The van der Waals surface area contributed by atoms with Crippen molar-refractivity contribution >= 4 is 11.8 Å². The van der Waals surface area contributed by atoms with Crippen molar-refractivity contribution in [2.24, 2.45) is 5.92 Å². The summed E-state index contributed by atoms with van der Waals surface area (Å²) in [4.78, 5) is 26.4. The van der Waals surface area contributed by atoms with E-state index in [1.165, 1.54) is 6.42 Å². The third kappa shape index (κ3) is 5.30. The number of nitrogens with one attached hydrogen (secondary N) is 2. The van der Waals surface area contributed by atoms with E-state index in [1.54, 1.807) is 0 Å². The Kier molecular flexibility index (Phi) is 6.49. The lowest BCUT2D eigenvalue weighted by molar-refractivity contribution is -0.132. The SMILES string of the molecule is CC(CC(=O)N1CCCNCC1)NC(=O)C1CCCCC1. The van der Waals surface area contributed by atoms with Crippen LogP contribution >= 0.6 is 0 Å². The number of hydrogen-bond donors (Lipinski definition) is 2. The molecule has 0 bridgehead atoms. The molecule has 0 aromatic carbocycles. The largest absolute Gasteiger partial charge is 0.353 e. The molecule has 2 N–H and O–H groups in total. The van der Waals surface area contributed by atoms with Gasteiger partial charge in [-0.05, 0) is 32.7 Å². The molecule has 0 aromatic heterocycles. The summed E-state index contributed by atoms with van der Waals surface area (Å²) in [5.41, 5.74) is 0. The second kappa shape index (κ2) is 8.37. The highest BCUT2D eigenvalue weighted by Crippen LogP contribution is 2.23. The minimum atomic E-state index is -0.0665. The zero-order valence-corrected chi connectivity index (χ0v) is 13.2. The van der Waals surface area contributed by atoms with Crippen LogP contribution in [0.25, 0.3) is 0 Å². The van der Waals surface area contributed by atoms with Crippen molar-refractivity contribution in [1.82, 2.24) is 15.5 Å². The van der Waals surface area contributed by atoms with Gasteiger partial charge < -0.3 is 15.5 Å². The van der Waals surface area contributed by atoms with E-state index in [2.05, 4.69) is 10.6 Å². The van der Waals surface area contributed by atoms with Crippen LogP contribution in [0.2, 0.25) is 0 Å². The van der Waals surface area contributed by atoms with Gasteiger partial charge in [-0.15, -0.1) is 0 Å². The number of hydrogen-bond acceptors (Lipinski definition) is 3. The molecule has 2 aliphatic rings. The van der Waals surface area contributed by atoms with Crippen LogP contribution in [0.4, 0.5) is 0 Å². The van der Waals surface area contributed by atoms with Gasteiger partial charge in [0.05, 0.1) is 0 Å². The van der Waals surface area contributed by atoms with Crippen LogP contribution in [0, 0.1) is 5.92 Å². The molecule has 1 atom stereocenters. The number of carbonyl (C=O) groups excluding carboxylic acids is 2. The topological polar surface area (TPSA) is 61.4 Å². The molecule has 1 saturated heterocycles. The fourth-order valence-corrected chi connectivity index (χ4v) is 3.26. The molecule has 21 heavy (non-hydrogen) atoms. The van der Waals surface area contributed by atoms with Crippen LogP contribution in [-0.4, -0.2) is 48.9 Å². The third-order valence-electron chi connectivity index (χ3n) is 4.54. The third-order valence-corrected chi connectivity index (χ3v) is 4.54. The molecular formula is C16H29N3O2. The van der Waals surface area contributed by atoms with Crippen LogP contribution in [-0.2, 0) is 9.59 Å². The summed E-state index contributed by atoms with van der Waals surface area (Å²) >= 11 is 0. The van der Waals surface area contributed by atoms with Gasteiger partial charge in [0.25, 0.3) is 0 Å². The number of rotatable bonds is 4. The van der Waals surface area contributed by atoms with E-state index in [-0.39, 0.29) is 23.8 Å². The van der Waals surface area contributed by atoms with Crippen LogP contribution in [0.1, 0.15) is 51.9 Å². The molecule has 0 spiro atoms. The molecule has 2 fully saturated rings. The molecule has 2 rings (SSSR count). The maximum absolute atomic E-state index is 12.3. The second-order valence-electron chi connectivity index (χ2n) is 6.43. The van der Waals surface area contributed by atoms with Crippen molar-refractivity contribution < 1.29 is 9.59 Å². The van der Waals surface area contributed by atoms with Crippen LogP contribution < -0.4 is 10.6 Å². The Morgan fingerprint density at radius 2 is 1.90 bits per heavy atom. The Balaban J connectivity index is 1.73. The summed E-state index contributed by atoms with van der Waals surface area (Å²) in [5.74, 6) is 0.473. The average molecular weight is 295 g/mol. The van der Waals surface area contributed by atoms with E-state index in [9.17, 15) is 9.59 Å². The van der Waals surface area contributed by atoms with Crippen molar-refractivity contribution in [3.05, 3.63) is 0 Å². The highest BCUT2D eigenvalue weighted by atomic mass is 16.2. The minimum Gasteiger partial charge on any atom is -0.353 e. The van der Waals surface area contributed by atoms with Gasteiger partial charge in [-0.25, -0.2) is 0 Å². The van der Waals surface area contributed by atoms with Crippen molar-refractivity contribution in [2.45, 2.75) is 57.9 Å². The molecule has 5 heteroatoms. The monoisotopic (exact) mass is 295 g/mol. The van der Waals surface area contributed by atoms with E-state index < -0.39 is 0 Å². The molecule has 2 amide bonds. The maximum Gasteiger partial charge on any atom is 0.224 e. The fourth-order valence-electron chi connectivity index (χ4n) is 3.26. The number of nitrogens with zero attached hydrogens (tertiary/aromatic N) is 1. The average Bonchev–Trinajstić information content (AvgIpc) is 2.77. The lowest BCUT2D eigenvalue weighted by Crippen LogP contribution is -2.42. The predicted octanol–water partition coefficient (Wildman–Crippen LogP) is 1.28. The summed E-state index contributed by atoms with van der Waals surface area (Å²) in [6.45, 7) is 5.40. The number of carbonyl (C=O) groups is 2. The molecule has 0 radical (unpaired) electrons. The molecular weight excluding hydrogens is 266 g/mol. The van der Waals surface area contributed by atoms with Crippen molar-refractivity contribution in [3.8, 4) is 0 Å². The van der Waals surface area contributed by atoms with Gasteiger partial charge >= 0.3 is 0 Å². The van der Waals surface area contributed by atoms with E-state index in [0.29, 0.717) is 6.42 Å². The summed E-state index contributed by atoms with van der Waals surface area (Å²) in [6.07, 6.45) is 7.00. The summed E-state index contributed by atoms with van der Waals surface area (Å²) < 4.78 is 0. The number of amides is 2. The van der Waals surface area contributed by atoms with Crippen molar-refractivity contribution in [3.63, 3.8) is 0 Å². The van der Waals surface area contributed by atoms with Crippen LogP contribution in [0.5, 0.6) is 0 Å². The molecule has 1 unspecified atom stereocenters. The Morgan fingerprint density at radius 1 is 1.14 bits per heavy atom. The first-order valence-corrected chi connectivity index (χ1v) is 8.45. The van der Waals surface area contributed by atoms with E-state index >= 15 is 0 Å². The molecule has 1 aliphatic heterocycles. The van der Waals surface area contributed by atoms with Gasteiger partial charge in [0, 0.05) is 38.0 Å². The first kappa shape index (κ1) is 16.3. The fraction of sp³-hybridized carbons (Fsp3) is 0.875. The highest BCUT2D eigenvalue weighted by Gasteiger charge is 2.24. The van der Waals surface area contributed by atoms with Gasteiger partial charge in [-0.1, -0.05) is 19.3 Å². The van der Waals surface area contributed by atoms with E-state index in [1.807, 2.05) is 11.8 Å². The molecule has 1 aliphatic carbocycles. The smallest absolute Gasteiger partial charge is 0.224 e. The molecule has 1 heterocycles. The van der Waals surface area contributed by atoms with E-state index in [4.69, 9.17) is 0 Å². The quantitative estimate of drug-likeness (QED) is 0.821. The molecule has 120 valence electrons. The summed E-state index contributed by atoms with van der Waals surface area (Å²) in [7, 11) is 0. The Bertz CT molecular complexity index is 345. The van der Waals surface area contributed by atoms with Crippen LogP contribution in [0.15, 0.2) is 0 Å². The lowest BCUT2D eigenvalue weighted by atomic mass is 9.88. The highest BCUT2D eigenvalue weighted by molar-refractivity contribution is 5.81. The molecule has 1 saturated carbocycles. The maximum atomic E-state index is 12.3. The lowest BCUT2D eigenvalue weighted by Gasteiger charge is -2.25. The Labute approximate surface area is 127 Å². The minimum absolute atomic E-state index is 0.0665. The molecule has 5 nitrogen and oxygen atoms in total. The van der Waals surface area contributed by atoms with Gasteiger partial charge in [-0.2, -0.15) is 0 Å². The zero-order chi connectivity index (χ0) is 15.1. The standard InChI is InChI=1S/C16H29N3O2/c1-13(18-16(21)14-6-3-2-4-7-14)12-15(20)19-10-5-8-17-9-11-19/h13-14,17H,2-12H2,1H3,(H,18,21). The second-order valence-corrected chi connectivity index (χ2v) is 6.43. The predicted molar refractivity (Wildman–Crippen MR) is 82.9 cm³/mol. The first-order chi connectivity index (χ1) is 10.2. The Morgan fingerprint density at radius 3 is 2.67 bits per heavy atom. The van der Waals surface area contributed by atoms with Crippen LogP contribution in [0.3, 0.4) is 0 Å².